The number of nitrogens with two attached hydrogens (primary N) is 1. The maximum Gasteiger partial charge on any atom is 0.142 e. The Morgan fingerprint density at radius 2 is 1.79 bits per heavy atom. The Morgan fingerprint density at radius 3 is 2.29 bits per heavy atom. The summed E-state index contributed by atoms with van der Waals surface area (Å²) in [6.07, 6.45) is 0. The standard InChI is InChI=1S/C10H12ClF2N/c1-5(2)10(14)6-3-9(13)7(11)4-8(6)12/h3-5,10H,14H2,1-2H3. The largest absolute Gasteiger partial charge is 0.324 e. The van der Waals surface area contributed by atoms with Gasteiger partial charge in [-0.25, -0.2) is 8.78 Å². The normalized spacial score (nSPS) is 13.4. The van der Waals surface area contributed by atoms with E-state index in [-0.39, 0.29) is 16.5 Å². The first-order chi connectivity index (χ1) is 6.43. The maximum atomic E-state index is 13.3. The molecule has 0 heterocycles. The molecule has 0 aromatic heterocycles. The molecule has 0 spiro atoms. The van der Waals surface area contributed by atoms with Crippen molar-refractivity contribution in [1.82, 2.24) is 0 Å². The summed E-state index contributed by atoms with van der Waals surface area (Å²) >= 11 is 5.41. The van der Waals surface area contributed by atoms with Crippen molar-refractivity contribution in [3.63, 3.8) is 0 Å². The van der Waals surface area contributed by atoms with E-state index in [1.165, 1.54) is 0 Å². The number of benzene rings is 1. The molecule has 0 saturated heterocycles. The van der Waals surface area contributed by atoms with Crippen molar-refractivity contribution in [3.05, 3.63) is 34.4 Å². The fourth-order valence-corrected chi connectivity index (χ4v) is 1.30. The van der Waals surface area contributed by atoms with Crippen LogP contribution in [0.3, 0.4) is 0 Å². The lowest BCUT2D eigenvalue weighted by Gasteiger charge is -2.16. The number of hydrogen-bond acceptors (Lipinski definition) is 1. The van der Waals surface area contributed by atoms with E-state index in [2.05, 4.69) is 0 Å². The summed E-state index contributed by atoms with van der Waals surface area (Å²) in [7, 11) is 0. The SMILES string of the molecule is CC(C)C(N)c1cc(F)c(Cl)cc1F. The molecule has 78 valence electrons. The number of rotatable bonds is 2. The second-order valence-corrected chi connectivity index (χ2v) is 3.96. The molecule has 0 bridgehead atoms. The van der Waals surface area contributed by atoms with Crippen LogP contribution in [0.5, 0.6) is 0 Å². The van der Waals surface area contributed by atoms with Crippen LogP contribution < -0.4 is 5.73 Å². The van der Waals surface area contributed by atoms with Crippen LogP contribution in [0.1, 0.15) is 25.5 Å². The highest BCUT2D eigenvalue weighted by atomic mass is 35.5. The zero-order valence-corrected chi connectivity index (χ0v) is 8.78. The average molecular weight is 220 g/mol. The van der Waals surface area contributed by atoms with Gasteiger partial charge in [-0.15, -0.1) is 0 Å². The molecule has 1 unspecified atom stereocenters. The van der Waals surface area contributed by atoms with E-state index in [1.807, 2.05) is 13.8 Å². The molecule has 1 rings (SSSR count). The minimum Gasteiger partial charge on any atom is -0.324 e. The predicted octanol–water partition coefficient (Wildman–Crippen LogP) is 3.27. The van der Waals surface area contributed by atoms with Gasteiger partial charge >= 0.3 is 0 Å². The van der Waals surface area contributed by atoms with Crippen LogP contribution in [0.4, 0.5) is 8.78 Å². The topological polar surface area (TPSA) is 26.0 Å². The molecule has 0 aliphatic rings. The minimum atomic E-state index is -0.640. The molecule has 4 heteroatoms. The van der Waals surface area contributed by atoms with Crippen molar-refractivity contribution < 1.29 is 8.78 Å². The van der Waals surface area contributed by atoms with Crippen molar-refractivity contribution in [2.24, 2.45) is 11.7 Å². The second kappa shape index (κ2) is 4.24. The van der Waals surface area contributed by atoms with Crippen LogP contribution in [0.15, 0.2) is 12.1 Å². The molecule has 1 atom stereocenters. The quantitative estimate of drug-likeness (QED) is 0.759. The van der Waals surface area contributed by atoms with Crippen LogP contribution in [0.25, 0.3) is 0 Å². The molecular formula is C10H12ClF2N. The van der Waals surface area contributed by atoms with Crippen LogP contribution in [-0.2, 0) is 0 Å². The van der Waals surface area contributed by atoms with Crippen molar-refractivity contribution >= 4 is 11.6 Å². The van der Waals surface area contributed by atoms with Crippen LogP contribution in [-0.4, -0.2) is 0 Å². The monoisotopic (exact) mass is 219 g/mol. The second-order valence-electron chi connectivity index (χ2n) is 3.56. The van der Waals surface area contributed by atoms with Crippen molar-refractivity contribution in [2.75, 3.05) is 0 Å². The summed E-state index contributed by atoms with van der Waals surface area (Å²) in [4.78, 5) is 0. The molecular weight excluding hydrogens is 208 g/mol. The summed E-state index contributed by atoms with van der Waals surface area (Å²) < 4.78 is 26.3. The summed E-state index contributed by atoms with van der Waals surface area (Å²) in [6.45, 7) is 3.69. The Bertz CT molecular complexity index is 339. The van der Waals surface area contributed by atoms with Crippen molar-refractivity contribution in [2.45, 2.75) is 19.9 Å². The van der Waals surface area contributed by atoms with Gasteiger partial charge in [0.25, 0.3) is 0 Å². The fourth-order valence-electron chi connectivity index (χ4n) is 1.15. The van der Waals surface area contributed by atoms with E-state index < -0.39 is 17.7 Å². The van der Waals surface area contributed by atoms with Gasteiger partial charge in [-0.1, -0.05) is 25.4 Å². The Kier molecular flexibility index (Phi) is 3.45. The van der Waals surface area contributed by atoms with Gasteiger partial charge in [0.2, 0.25) is 0 Å². The van der Waals surface area contributed by atoms with E-state index >= 15 is 0 Å². The Morgan fingerprint density at radius 1 is 1.21 bits per heavy atom. The van der Waals surface area contributed by atoms with Gasteiger partial charge in [-0.2, -0.15) is 0 Å². The van der Waals surface area contributed by atoms with Gasteiger partial charge in [0, 0.05) is 11.6 Å². The summed E-state index contributed by atoms with van der Waals surface area (Å²) in [6, 6.07) is 1.50. The number of halogens is 3. The lowest BCUT2D eigenvalue weighted by Crippen LogP contribution is -2.18. The Balaban J connectivity index is 3.15. The van der Waals surface area contributed by atoms with Gasteiger partial charge < -0.3 is 5.73 Å². The lowest BCUT2D eigenvalue weighted by atomic mass is 9.96. The van der Waals surface area contributed by atoms with E-state index in [4.69, 9.17) is 17.3 Å². The zero-order chi connectivity index (χ0) is 10.9. The molecule has 1 aromatic carbocycles. The molecule has 0 amide bonds. The molecule has 0 saturated carbocycles. The molecule has 1 aromatic rings. The molecule has 0 aliphatic heterocycles. The van der Waals surface area contributed by atoms with Crippen molar-refractivity contribution in [1.29, 1.82) is 0 Å². The first-order valence-electron chi connectivity index (χ1n) is 4.33. The molecule has 0 radical (unpaired) electrons. The van der Waals surface area contributed by atoms with Gasteiger partial charge in [-0.05, 0) is 18.1 Å². The molecule has 0 fully saturated rings. The molecule has 14 heavy (non-hydrogen) atoms. The first kappa shape index (κ1) is 11.4. The summed E-state index contributed by atoms with van der Waals surface area (Å²) in [5, 5.41) is -0.220. The van der Waals surface area contributed by atoms with E-state index in [0.29, 0.717) is 0 Å². The van der Waals surface area contributed by atoms with Gasteiger partial charge in [0.15, 0.2) is 0 Å². The Labute approximate surface area is 86.9 Å². The third kappa shape index (κ3) is 2.22. The smallest absolute Gasteiger partial charge is 0.142 e. The minimum absolute atomic E-state index is 0.0464. The third-order valence-corrected chi connectivity index (χ3v) is 2.41. The van der Waals surface area contributed by atoms with Crippen LogP contribution >= 0.6 is 11.6 Å². The van der Waals surface area contributed by atoms with E-state index in [0.717, 1.165) is 12.1 Å². The highest BCUT2D eigenvalue weighted by molar-refractivity contribution is 6.30. The van der Waals surface area contributed by atoms with E-state index in [9.17, 15) is 8.78 Å². The fraction of sp³-hybridized carbons (Fsp3) is 0.400. The maximum absolute atomic E-state index is 13.3. The first-order valence-corrected chi connectivity index (χ1v) is 4.71. The Hall–Kier alpha value is -0.670. The molecule has 1 nitrogen and oxygen atoms in total. The average Bonchev–Trinajstić information content (AvgIpc) is 2.10. The lowest BCUT2D eigenvalue weighted by molar-refractivity contribution is 0.479. The van der Waals surface area contributed by atoms with Crippen molar-refractivity contribution in [3.8, 4) is 0 Å². The predicted molar refractivity (Wildman–Crippen MR) is 53.1 cm³/mol. The van der Waals surface area contributed by atoms with Gasteiger partial charge in [0.05, 0.1) is 5.02 Å². The van der Waals surface area contributed by atoms with Gasteiger partial charge in [0.1, 0.15) is 11.6 Å². The molecule has 2 N–H and O–H groups in total. The van der Waals surface area contributed by atoms with Gasteiger partial charge in [-0.3, -0.25) is 0 Å². The number of hydrogen-bond donors (Lipinski definition) is 1. The highest BCUT2D eigenvalue weighted by Crippen LogP contribution is 2.26. The summed E-state index contributed by atoms with van der Waals surface area (Å²) in [5.41, 5.74) is 5.88. The molecule has 0 aliphatic carbocycles. The summed E-state index contributed by atoms with van der Waals surface area (Å²) in [5.74, 6) is -1.15. The highest BCUT2D eigenvalue weighted by Gasteiger charge is 2.17. The van der Waals surface area contributed by atoms with Crippen LogP contribution in [0.2, 0.25) is 5.02 Å². The third-order valence-electron chi connectivity index (χ3n) is 2.12. The zero-order valence-electron chi connectivity index (χ0n) is 8.02. The van der Waals surface area contributed by atoms with E-state index in [1.54, 1.807) is 0 Å². The van der Waals surface area contributed by atoms with Crippen LogP contribution in [0, 0.1) is 17.6 Å².